The van der Waals surface area contributed by atoms with Crippen LogP contribution < -0.4 is 5.32 Å². The molecule has 2 atom stereocenters. The molecule has 0 saturated carbocycles. The number of fused-ring (bicyclic) bond motifs is 1. The minimum Gasteiger partial charge on any atom is -0.464 e. The standard InChI is InChI=1S/C17H25NO/c1-4-10-18-16(11-13(3)5-2)15-12-19-17-9-7-6-8-14(15)17/h6-9,12-13,16,18H,4-5,10-11H2,1-3H3. The maximum atomic E-state index is 5.69. The molecule has 1 aromatic heterocycles. The van der Waals surface area contributed by atoms with Gasteiger partial charge in [0.15, 0.2) is 0 Å². The van der Waals surface area contributed by atoms with Crippen LogP contribution in [0.1, 0.15) is 51.6 Å². The first kappa shape index (κ1) is 14.1. The monoisotopic (exact) mass is 259 g/mol. The normalized spacial score (nSPS) is 14.7. The third-order valence-electron chi connectivity index (χ3n) is 3.86. The van der Waals surface area contributed by atoms with Gasteiger partial charge in [-0.05, 0) is 31.4 Å². The third-order valence-corrected chi connectivity index (χ3v) is 3.86. The molecule has 2 heteroatoms. The Morgan fingerprint density at radius 3 is 2.74 bits per heavy atom. The van der Waals surface area contributed by atoms with Crippen LogP contribution in [0.3, 0.4) is 0 Å². The first-order chi connectivity index (χ1) is 9.26. The van der Waals surface area contributed by atoms with E-state index in [0.717, 1.165) is 24.5 Å². The second-order valence-electron chi connectivity index (χ2n) is 5.44. The van der Waals surface area contributed by atoms with Crippen LogP contribution in [0.15, 0.2) is 34.9 Å². The molecular weight excluding hydrogens is 234 g/mol. The van der Waals surface area contributed by atoms with E-state index in [1.165, 1.54) is 23.8 Å². The second-order valence-corrected chi connectivity index (χ2v) is 5.44. The molecule has 0 saturated heterocycles. The number of para-hydroxylation sites is 1. The zero-order chi connectivity index (χ0) is 13.7. The Labute approximate surface area is 116 Å². The Kier molecular flexibility index (Phi) is 5.03. The summed E-state index contributed by atoms with van der Waals surface area (Å²) in [6.45, 7) is 7.85. The average molecular weight is 259 g/mol. The lowest BCUT2D eigenvalue weighted by Crippen LogP contribution is -2.23. The molecule has 0 bridgehead atoms. The highest BCUT2D eigenvalue weighted by Gasteiger charge is 2.18. The SMILES string of the molecule is CCCNC(CC(C)CC)c1coc2ccccc12. The summed E-state index contributed by atoms with van der Waals surface area (Å²) >= 11 is 0. The topological polar surface area (TPSA) is 25.2 Å². The molecule has 0 radical (unpaired) electrons. The van der Waals surface area contributed by atoms with Crippen LogP contribution in [0, 0.1) is 5.92 Å². The van der Waals surface area contributed by atoms with Crippen molar-refractivity contribution in [2.24, 2.45) is 5.92 Å². The van der Waals surface area contributed by atoms with Crippen molar-refractivity contribution in [3.63, 3.8) is 0 Å². The Hall–Kier alpha value is -1.28. The number of furan rings is 1. The summed E-state index contributed by atoms with van der Waals surface area (Å²) in [7, 11) is 0. The molecular formula is C17H25NO. The number of hydrogen-bond donors (Lipinski definition) is 1. The summed E-state index contributed by atoms with van der Waals surface area (Å²) in [5.41, 5.74) is 2.30. The molecule has 2 rings (SSSR count). The van der Waals surface area contributed by atoms with E-state index in [4.69, 9.17) is 4.42 Å². The largest absolute Gasteiger partial charge is 0.464 e. The summed E-state index contributed by atoms with van der Waals surface area (Å²) in [5.74, 6) is 0.725. The molecule has 1 heterocycles. The highest BCUT2D eigenvalue weighted by molar-refractivity contribution is 5.81. The van der Waals surface area contributed by atoms with Gasteiger partial charge in [0.25, 0.3) is 0 Å². The lowest BCUT2D eigenvalue weighted by atomic mass is 9.94. The number of benzene rings is 1. The van der Waals surface area contributed by atoms with E-state index < -0.39 is 0 Å². The van der Waals surface area contributed by atoms with Crippen LogP contribution in [-0.4, -0.2) is 6.54 Å². The fourth-order valence-corrected chi connectivity index (χ4v) is 2.48. The number of hydrogen-bond acceptors (Lipinski definition) is 2. The van der Waals surface area contributed by atoms with Crippen LogP contribution in [0.4, 0.5) is 0 Å². The van der Waals surface area contributed by atoms with Crippen molar-refractivity contribution in [2.75, 3.05) is 6.54 Å². The molecule has 0 amide bonds. The first-order valence-corrected chi connectivity index (χ1v) is 7.45. The lowest BCUT2D eigenvalue weighted by molar-refractivity contribution is 0.401. The highest BCUT2D eigenvalue weighted by atomic mass is 16.3. The molecule has 1 N–H and O–H groups in total. The van der Waals surface area contributed by atoms with E-state index in [1.807, 2.05) is 18.4 Å². The molecule has 0 aliphatic heterocycles. The van der Waals surface area contributed by atoms with E-state index in [2.05, 4.69) is 38.2 Å². The Balaban J connectivity index is 2.25. The summed E-state index contributed by atoms with van der Waals surface area (Å²) in [6.07, 6.45) is 5.48. The quantitative estimate of drug-likeness (QED) is 0.764. The van der Waals surface area contributed by atoms with Crippen LogP contribution in [0.5, 0.6) is 0 Å². The molecule has 2 aromatic rings. The molecule has 0 aliphatic carbocycles. The van der Waals surface area contributed by atoms with Crippen molar-refractivity contribution in [2.45, 2.75) is 46.1 Å². The smallest absolute Gasteiger partial charge is 0.134 e. The van der Waals surface area contributed by atoms with E-state index in [-0.39, 0.29) is 0 Å². The molecule has 2 nitrogen and oxygen atoms in total. The molecule has 0 fully saturated rings. The number of nitrogens with one attached hydrogen (secondary N) is 1. The van der Waals surface area contributed by atoms with Gasteiger partial charge in [-0.3, -0.25) is 0 Å². The summed E-state index contributed by atoms with van der Waals surface area (Å²) < 4.78 is 5.69. The zero-order valence-electron chi connectivity index (χ0n) is 12.3. The van der Waals surface area contributed by atoms with Gasteiger partial charge in [-0.15, -0.1) is 0 Å². The highest BCUT2D eigenvalue weighted by Crippen LogP contribution is 2.30. The van der Waals surface area contributed by atoms with Gasteiger partial charge in [-0.25, -0.2) is 0 Å². The van der Waals surface area contributed by atoms with Crippen molar-refractivity contribution in [3.8, 4) is 0 Å². The van der Waals surface area contributed by atoms with Crippen molar-refractivity contribution in [1.29, 1.82) is 0 Å². The Morgan fingerprint density at radius 1 is 1.21 bits per heavy atom. The Bertz CT molecular complexity index is 503. The van der Waals surface area contributed by atoms with Gasteiger partial charge in [-0.1, -0.05) is 45.4 Å². The van der Waals surface area contributed by atoms with E-state index in [0.29, 0.717) is 6.04 Å². The Morgan fingerprint density at radius 2 is 2.00 bits per heavy atom. The molecule has 0 spiro atoms. The lowest BCUT2D eigenvalue weighted by Gasteiger charge is -2.21. The van der Waals surface area contributed by atoms with Crippen LogP contribution in [0.25, 0.3) is 11.0 Å². The molecule has 104 valence electrons. The molecule has 2 unspecified atom stereocenters. The molecule has 0 aliphatic rings. The minimum absolute atomic E-state index is 0.401. The van der Waals surface area contributed by atoms with Gasteiger partial charge in [0.05, 0.1) is 6.26 Å². The maximum absolute atomic E-state index is 5.69. The van der Waals surface area contributed by atoms with Crippen molar-refractivity contribution in [3.05, 3.63) is 36.1 Å². The van der Waals surface area contributed by atoms with E-state index in [1.54, 1.807) is 0 Å². The fraction of sp³-hybridized carbons (Fsp3) is 0.529. The summed E-state index contributed by atoms with van der Waals surface area (Å²) in [6, 6.07) is 8.71. The zero-order valence-corrected chi connectivity index (χ0v) is 12.3. The van der Waals surface area contributed by atoms with Gasteiger partial charge in [0.2, 0.25) is 0 Å². The predicted octanol–water partition coefficient (Wildman–Crippen LogP) is 4.91. The van der Waals surface area contributed by atoms with Gasteiger partial charge < -0.3 is 9.73 Å². The second kappa shape index (κ2) is 6.76. The maximum Gasteiger partial charge on any atom is 0.134 e. The van der Waals surface area contributed by atoms with Crippen LogP contribution in [-0.2, 0) is 0 Å². The average Bonchev–Trinajstić information content (AvgIpc) is 2.87. The van der Waals surface area contributed by atoms with Gasteiger partial charge in [0.1, 0.15) is 5.58 Å². The first-order valence-electron chi connectivity index (χ1n) is 7.45. The minimum atomic E-state index is 0.401. The predicted molar refractivity (Wildman–Crippen MR) is 81.3 cm³/mol. The van der Waals surface area contributed by atoms with Crippen molar-refractivity contribution in [1.82, 2.24) is 5.32 Å². The third kappa shape index (κ3) is 3.38. The van der Waals surface area contributed by atoms with Gasteiger partial charge in [0, 0.05) is 17.0 Å². The van der Waals surface area contributed by atoms with E-state index in [9.17, 15) is 0 Å². The van der Waals surface area contributed by atoms with Crippen LogP contribution >= 0.6 is 0 Å². The molecule has 1 aromatic carbocycles. The molecule has 19 heavy (non-hydrogen) atoms. The summed E-state index contributed by atoms with van der Waals surface area (Å²) in [4.78, 5) is 0. The number of rotatable bonds is 7. The van der Waals surface area contributed by atoms with Crippen molar-refractivity contribution < 1.29 is 4.42 Å². The van der Waals surface area contributed by atoms with Crippen LogP contribution in [0.2, 0.25) is 0 Å². The van der Waals surface area contributed by atoms with Crippen molar-refractivity contribution >= 4 is 11.0 Å². The fourth-order valence-electron chi connectivity index (χ4n) is 2.48. The van der Waals surface area contributed by atoms with Gasteiger partial charge in [-0.2, -0.15) is 0 Å². The van der Waals surface area contributed by atoms with Gasteiger partial charge >= 0.3 is 0 Å². The summed E-state index contributed by atoms with van der Waals surface area (Å²) in [5, 5.41) is 4.92. The van der Waals surface area contributed by atoms with E-state index >= 15 is 0 Å².